The normalized spacial score (nSPS) is 17.9. The summed E-state index contributed by atoms with van der Waals surface area (Å²) in [4.78, 5) is 24.9. The van der Waals surface area contributed by atoms with Gasteiger partial charge in [-0.05, 0) is 56.5 Å². The maximum Gasteiger partial charge on any atom is 0.411 e. The minimum atomic E-state index is -1.20. The fraction of sp³-hybridized carbons (Fsp3) is 0.444. The zero-order valence-electron chi connectivity index (χ0n) is 14.4. The van der Waals surface area contributed by atoms with Crippen molar-refractivity contribution < 1.29 is 28.2 Å². The van der Waals surface area contributed by atoms with E-state index in [0.717, 1.165) is 11.0 Å². The molecule has 1 aliphatic heterocycles. The number of hydrogen-bond acceptors (Lipinski definition) is 3. The molecule has 0 saturated carbocycles. The number of halogens is 2. The topological polar surface area (TPSA) is 66.8 Å². The number of carboxylic acids is 1. The first-order valence-electron chi connectivity index (χ1n) is 7.90. The molecule has 1 aliphatic rings. The van der Waals surface area contributed by atoms with Gasteiger partial charge in [0.25, 0.3) is 0 Å². The number of ether oxygens (including phenoxy) is 1. The third kappa shape index (κ3) is 4.55. The Morgan fingerprint density at radius 1 is 1.36 bits per heavy atom. The second kappa shape index (κ2) is 7.21. The van der Waals surface area contributed by atoms with Crippen LogP contribution in [0.15, 0.2) is 24.3 Å². The minimum absolute atomic E-state index is 0.0835. The highest BCUT2D eigenvalue weighted by Crippen LogP contribution is 2.28. The first-order chi connectivity index (χ1) is 11.6. The van der Waals surface area contributed by atoms with Crippen molar-refractivity contribution in [1.82, 2.24) is 4.90 Å². The lowest BCUT2D eigenvalue weighted by atomic mass is 9.94. The molecule has 0 fully saturated rings. The summed E-state index contributed by atoms with van der Waals surface area (Å²) < 4.78 is 31.5. The number of carbonyl (C=O) groups excluding carboxylic acids is 1. The number of amides is 1. The van der Waals surface area contributed by atoms with Gasteiger partial charge < -0.3 is 9.84 Å². The predicted octanol–water partition coefficient (Wildman–Crippen LogP) is 3.77. The average Bonchev–Trinajstić information content (AvgIpc) is 2.53. The molecule has 1 N–H and O–H groups in total. The van der Waals surface area contributed by atoms with E-state index in [-0.39, 0.29) is 12.1 Å². The molecule has 0 saturated heterocycles. The van der Waals surface area contributed by atoms with Gasteiger partial charge in [-0.3, -0.25) is 4.90 Å². The number of nitrogens with zero attached hydrogens (tertiary/aromatic N) is 1. The van der Waals surface area contributed by atoms with E-state index in [1.54, 1.807) is 20.8 Å². The SMILES string of the molecule is CC(C)(C)OC(=O)N1CCC(c2ccc(F)c(CF)c2)=CC1C(=O)O. The van der Waals surface area contributed by atoms with E-state index < -0.39 is 36.2 Å². The lowest BCUT2D eigenvalue weighted by Gasteiger charge is -2.33. The maximum atomic E-state index is 13.4. The first kappa shape index (κ1) is 18.9. The lowest BCUT2D eigenvalue weighted by Crippen LogP contribution is -2.48. The van der Waals surface area contributed by atoms with Crippen molar-refractivity contribution in [2.45, 2.75) is 45.5 Å². The molecule has 0 spiro atoms. The Kier molecular flexibility index (Phi) is 5.45. The molecule has 1 amide bonds. The summed E-state index contributed by atoms with van der Waals surface area (Å²) in [5.74, 6) is -1.84. The molecule has 2 rings (SSSR count). The van der Waals surface area contributed by atoms with Gasteiger partial charge in [0.15, 0.2) is 6.04 Å². The molecule has 0 bridgehead atoms. The Hall–Kier alpha value is -2.44. The van der Waals surface area contributed by atoms with Crippen molar-refractivity contribution in [3.8, 4) is 0 Å². The molecule has 0 aromatic heterocycles. The summed E-state index contributed by atoms with van der Waals surface area (Å²) >= 11 is 0. The van der Waals surface area contributed by atoms with Gasteiger partial charge in [0.1, 0.15) is 18.1 Å². The molecule has 1 heterocycles. The van der Waals surface area contributed by atoms with Crippen LogP contribution in [0.3, 0.4) is 0 Å². The van der Waals surface area contributed by atoms with E-state index in [2.05, 4.69) is 0 Å². The zero-order chi connectivity index (χ0) is 18.8. The lowest BCUT2D eigenvalue weighted by molar-refractivity contribution is -0.141. The number of benzene rings is 1. The van der Waals surface area contributed by atoms with Crippen LogP contribution in [0, 0.1) is 5.82 Å². The van der Waals surface area contributed by atoms with E-state index in [9.17, 15) is 23.5 Å². The smallest absolute Gasteiger partial charge is 0.411 e. The van der Waals surface area contributed by atoms with Crippen LogP contribution >= 0.6 is 0 Å². The Bertz CT molecular complexity index is 710. The van der Waals surface area contributed by atoms with Gasteiger partial charge in [0, 0.05) is 12.1 Å². The Labute approximate surface area is 144 Å². The van der Waals surface area contributed by atoms with Gasteiger partial charge in [-0.15, -0.1) is 0 Å². The number of carbonyl (C=O) groups is 2. The zero-order valence-corrected chi connectivity index (χ0v) is 14.4. The van der Waals surface area contributed by atoms with Crippen LogP contribution in [0.4, 0.5) is 13.6 Å². The summed E-state index contributed by atoms with van der Waals surface area (Å²) in [5, 5.41) is 9.45. The van der Waals surface area contributed by atoms with Crippen LogP contribution in [0.25, 0.3) is 5.57 Å². The summed E-state index contributed by atoms with van der Waals surface area (Å²) in [6.07, 6.45) is 1.07. The van der Waals surface area contributed by atoms with Crippen molar-refractivity contribution in [3.63, 3.8) is 0 Å². The van der Waals surface area contributed by atoms with Crippen molar-refractivity contribution in [2.75, 3.05) is 6.54 Å². The fourth-order valence-corrected chi connectivity index (χ4v) is 2.59. The average molecular weight is 353 g/mol. The molecule has 0 aliphatic carbocycles. The molecule has 0 radical (unpaired) electrons. The molecule has 1 unspecified atom stereocenters. The summed E-state index contributed by atoms with van der Waals surface area (Å²) in [7, 11) is 0. The van der Waals surface area contributed by atoms with Crippen LogP contribution in [-0.4, -0.2) is 40.3 Å². The second-order valence-electron chi connectivity index (χ2n) is 6.84. The number of hydrogen-bond donors (Lipinski definition) is 1. The van der Waals surface area contributed by atoms with E-state index >= 15 is 0 Å². The van der Waals surface area contributed by atoms with Gasteiger partial charge in [0.05, 0.1) is 0 Å². The van der Waals surface area contributed by atoms with Gasteiger partial charge in [-0.1, -0.05) is 6.07 Å². The predicted molar refractivity (Wildman–Crippen MR) is 88.2 cm³/mol. The van der Waals surface area contributed by atoms with Crippen LogP contribution in [-0.2, 0) is 16.2 Å². The summed E-state index contributed by atoms with van der Waals surface area (Å²) in [6.45, 7) is 4.29. The van der Waals surface area contributed by atoms with E-state index in [4.69, 9.17) is 4.74 Å². The maximum absolute atomic E-state index is 13.4. The molecule has 1 aromatic rings. The standard InChI is InChI=1S/C18H21F2NO4/c1-18(2,3)25-17(24)21-7-6-12(9-15(21)16(22)23)11-4-5-14(20)13(8-11)10-19/h4-5,8-9,15H,6-7,10H2,1-3H3,(H,22,23). The number of alkyl halides is 1. The highest BCUT2D eigenvalue weighted by atomic mass is 19.1. The quantitative estimate of drug-likeness (QED) is 0.898. The summed E-state index contributed by atoms with van der Waals surface area (Å²) in [5.41, 5.74) is 0.350. The van der Waals surface area contributed by atoms with Gasteiger partial charge >= 0.3 is 12.1 Å². The highest BCUT2D eigenvalue weighted by molar-refractivity contribution is 5.86. The van der Waals surface area contributed by atoms with Crippen LogP contribution < -0.4 is 0 Å². The molecule has 1 atom stereocenters. The van der Waals surface area contributed by atoms with Gasteiger partial charge in [-0.2, -0.15) is 0 Å². The molecular formula is C18H21F2NO4. The number of aliphatic carboxylic acids is 1. The molecule has 5 nitrogen and oxygen atoms in total. The summed E-state index contributed by atoms with van der Waals surface area (Å²) in [6, 6.07) is 2.80. The van der Waals surface area contributed by atoms with Crippen LogP contribution in [0.1, 0.15) is 38.3 Å². The Balaban J connectivity index is 2.31. The fourth-order valence-electron chi connectivity index (χ4n) is 2.59. The van der Waals surface area contributed by atoms with Crippen molar-refractivity contribution >= 4 is 17.6 Å². The van der Waals surface area contributed by atoms with E-state index in [0.29, 0.717) is 17.6 Å². The molecule has 25 heavy (non-hydrogen) atoms. The second-order valence-corrected chi connectivity index (χ2v) is 6.84. The van der Waals surface area contributed by atoms with E-state index in [1.165, 1.54) is 18.2 Å². The van der Waals surface area contributed by atoms with Crippen molar-refractivity contribution in [2.24, 2.45) is 0 Å². The Morgan fingerprint density at radius 3 is 2.60 bits per heavy atom. The van der Waals surface area contributed by atoms with Crippen LogP contribution in [0.5, 0.6) is 0 Å². The molecule has 136 valence electrons. The van der Waals surface area contributed by atoms with Crippen LogP contribution in [0.2, 0.25) is 0 Å². The minimum Gasteiger partial charge on any atom is -0.479 e. The largest absolute Gasteiger partial charge is 0.479 e. The number of carboxylic acid groups (broad SMARTS) is 1. The monoisotopic (exact) mass is 353 g/mol. The molecular weight excluding hydrogens is 332 g/mol. The first-order valence-corrected chi connectivity index (χ1v) is 7.90. The third-order valence-corrected chi connectivity index (χ3v) is 3.76. The molecule has 1 aromatic carbocycles. The van der Waals surface area contributed by atoms with Gasteiger partial charge in [0.2, 0.25) is 0 Å². The van der Waals surface area contributed by atoms with Gasteiger partial charge in [-0.25, -0.2) is 18.4 Å². The number of rotatable bonds is 3. The Morgan fingerprint density at radius 2 is 2.04 bits per heavy atom. The molecule has 7 heteroatoms. The van der Waals surface area contributed by atoms with Crippen molar-refractivity contribution in [1.29, 1.82) is 0 Å². The third-order valence-electron chi connectivity index (χ3n) is 3.76. The highest BCUT2D eigenvalue weighted by Gasteiger charge is 2.34. The van der Waals surface area contributed by atoms with E-state index in [1.807, 2.05) is 0 Å². The van der Waals surface area contributed by atoms with Crippen molar-refractivity contribution in [3.05, 3.63) is 41.2 Å².